The maximum atomic E-state index is 13.1. The second-order valence-corrected chi connectivity index (χ2v) is 7.41. The van der Waals surface area contributed by atoms with Gasteiger partial charge in [0.1, 0.15) is 5.54 Å². The Balaban J connectivity index is 1.68. The lowest BCUT2D eigenvalue weighted by Gasteiger charge is -2.62. The van der Waals surface area contributed by atoms with Crippen LogP contribution in [0.1, 0.15) is 33.6 Å². The monoisotopic (exact) mass is 295 g/mol. The van der Waals surface area contributed by atoms with Crippen LogP contribution in [-0.2, 0) is 9.53 Å². The van der Waals surface area contributed by atoms with Crippen molar-refractivity contribution < 1.29 is 9.53 Å². The summed E-state index contributed by atoms with van der Waals surface area (Å²) in [6.45, 7) is 11.8. The van der Waals surface area contributed by atoms with Crippen LogP contribution in [0.2, 0.25) is 0 Å². The SMILES string of the molecule is CCCN1CCN(C(=O)C2(N)C3CCOC3C2(C)C)CC1. The minimum Gasteiger partial charge on any atom is -0.377 e. The maximum Gasteiger partial charge on any atom is 0.243 e. The molecule has 21 heavy (non-hydrogen) atoms. The number of piperazine rings is 1. The van der Waals surface area contributed by atoms with E-state index in [0.29, 0.717) is 0 Å². The van der Waals surface area contributed by atoms with E-state index in [0.717, 1.165) is 45.8 Å². The van der Waals surface area contributed by atoms with Crippen molar-refractivity contribution in [2.24, 2.45) is 17.1 Å². The van der Waals surface area contributed by atoms with Gasteiger partial charge in [-0.15, -0.1) is 0 Å². The third-order valence-electron chi connectivity index (χ3n) is 6.01. The van der Waals surface area contributed by atoms with Crippen LogP contribution in [0, 0.1) is 11.3 Å². The largest absolute Gasteiger partial charge is 0.377 e. The Morgan fingerprint density at radius 2 is 1.95 bits per heavy atom. The molecule has 3 aliphatic rings. The van der Waals surface area contributed by atoms with Gasteiger partial charge >= 0.3 is 0 Å². The highest BCUT2D eigenvalue weighted by molar-refractivity contribution is 5.89. The molecule has 0 aromatic carbocycles. The molecule has 5 heteroatoms. The third kappa shape index (κ3) is 2.05. The lowest BCUT2D eigenvalue weighted by Crippen LogP contribution is -2.80. The first-order valence-electron chi connectivity index (χ1n) is 8.35. The van der Waals surface area contributed by atoms with Gasteiger partial charge in [0, 0.05) is 44.1 Å². The highest BCUT2D eigenvalue weighted by Gasteiger charge is 2.71. The third-order valence-corrected chi connectivity index (χ3v) is 6.01. The summed E-state index contributed by atoms with van der Waals surface area (Å²) in [5.74, 6) is 0.351. The molecule has 3 fully saturated rings. The Kier molecular flexibility index (Phi) is 3.79. The number of hydrogen-bond donors (Lipinski definition) is 1. The number of rotatable bonds is 3. The van der Waals surface area contributed by atoms with E-state index in [1.54, 1.807) is 0 Å². The summed E-state index contributed by atoms with van der Waals surface area (Å²) in [6.07, 6.45) is 2.25. The molecule has 3 atom stereocenters. The fraction of sp³-hybridized carbons (Fsp3) is 0.938. The first kappa shape index (κ1) is 15.3. The van der Waals surface area contributed by atoms with E-state index in [1.807, 2.05) is 4.90 Å². The van der Waals surface area contributed by atoms with Gasteiger partial charge in [0.05, 0.1) is 6.10 Å². The number of nitrogens with two attached hydrogens (primary N) is 1. The highest BCUT2D eigenvalue weighted by Crippen LogP contribution is 2.58. The van der Waals surface area contributed by atoms with E-state index in [-0.39, 0.29) is 23.3 Å². The van der Waals surface area contributed by atoms with Crippen molar-refractivity contribution in [3.63, 3.8) is 0 Å². The average Bonchev–Trinajstić information content (AvgIpc) is 2.95. The van der Waals surface area contributed by atoms with Gasteiger partial charge in [0.25, 0.3) is 0 Å². The predicted molar refractivity (Wildman–Crippen MR) is 81.9 cm³/mol. The van der Waals surface area contributed by atoms with Gasteiger partial charge in [-0.2, -0.15) is 0 Å². The van der Waals surface area contributed by atoms with Crippen LogP contribution in [-0.4, -0.2) is 66.7 Å². The second-order valence-electron chi connectivity index (χ2n) is 7.41. The molecule has 0 spiro atoms. The zero-order chi connectivity index (χ0) is 15.3. The molecule has 0 radical (unpaired) electrons. The number of hydrogen-bond acceptors (Lipinski definition) is 4. The van der Waals surface area contributed by atoms with E-state index < -0.39 is 5.54 Å². The molecule has 2 aliphatic heterocycles. The number of fused-ring (bicyclic) bond motifs is 1. The molecule has 1 aliphatic carbocycles. The first-order chi connectivity index (χ1) is 9.92. The molecule has 1 saturated carbocycles. The molecular weight excluding hydrogens is 266 g/mol. The van der Waals surface area contributed by atoms with Crippen molar-refractivity contribution in [3.05, 3.63) is 0 Å². The van der Waals surface area contributed by atoms with Gasteiger partial charge in [-0.3, -0.25) is 9.69 Å². The van der Waals surface area contributed by atoms with Crippen LogP contribution in [0.15, 0.2) is 0 Å². The summed E-state index contributed by atoms with van der Waals surface area (Å²) < 4.78 is 5.79. The Bertz CT molecular complexity index is 418. The van der Waals surface area contributed by atoms with Crippen molar-refractivity contribution >= 4 is 5.91 Å². The average molecular weight is 295 g/mol. The smallest absolute Gasteiger partial charge is 0.243 e. The van der Waals surface area contributed by atoms with E-state index in [4.69, 9.17) is 10.5 Å². The fourth-order valence-corrected chi connectivity index (χ4v) is 4.57. The minimum atomic E-state index is -0.735. The maximum absolute atomic E-state index is 13.1. The van der Waals surface area contributed by atoms with Gasteiger partial charge in [0.2, 0.25) is 5.91 Å². The molecule has 0 bridgehead atoms. The second kappa shape index (κ2) is 5.21. The summed E-state index contributed by atoms with van der Waals surface area (Å²) in [4.78, 5) is 17.5. The number of ether oxygens (including phenoxy) is 1. The quantitative estimate of drug-likeness (QED) is 0.832. The molecule has 3 rings (SSSR count). The molecule has 2 N–H and O–H groups in total. The molecule has 2 heterocycles. The lowest BCUT2D eigenvalue weighted by molar-refractivity contribution is -0.185. The Hall–Kier alpha value is -0.650. The summed E-state index contributed by atoms with van der Waals surface area (Å²) in [5.41, 5.74) is 5.66. The van der Waals surface area contributed by atoms with Crippen LogP contribution in [0.25, 0.3) is 0 Å². The molecule has 5 nitrogen and oxygen atoms in total. The zero-order valence-electron chi connectivity index (χ0n) is 13.6. The Morgan fingerprint density at radius 1 is 1.29 bits per heavy atom. The fourth-order valence-electron chi connectivity index (χ4n) is 4.57. The predicted octanol–water partition coefficient (Wildman–Crippen LogP) is 0.683. The van der Waals surface area contributed by atoms with Gasteiger partial charge in [-0.05, 0) is 19.4 Å². The number of carbonyl (C=O) groups excluding carboxylic acids is 1. The molecule has 3 unspecified atom stereocenters. The number of amides is 1. The minimum absolute atomic E-state index is 0.149. The normalized spacial score (nSPS) is 39.0. The van der Waals surface area contributed by atoms with Crippen molar-refractivity contribution in [2.75, 3.05) is 39.3 Å². The Labute approximate surface area is 127 Å². The summed E-state index contributed by atoms with van der Waals surface area (Å²) >= 11 is 0. The number of nitrogens with zero attached hydrogens (tertiary/aromatic N) is 2. The Morgan fingerprint density at radius 3 is 2.57 bits per heavy atom. The van der Waals surface area contributed by atoms with Crippen LogP contribution in [0.3, 0.4) is 0 Å². The van der Waals surface area contributed by atoms with Gasteiger partial charge in [-0.1, -0.05) is 20.8 Å². The van der Waals surface area contributed by atoms with Crippen molar-refractivity contribution in [2.45, 2.75) is 45.3 Å². The van der Waals surface area contributed by atoms with Gasteiger partial charge in [0.15, 0.2) is 0 Å². The molecule has 2 saturated heterocycles. The highest BCUT2D eigenvalue weighted by atomic mass is 16.5. The standard InChI is InChI=1S/C16H29N3O2/c1-4-6-18-7-9-19(10-8-18)14(20)16(17)12-5-11-21-13(12)15(16,2)3/h12-13H,4-11,17H2,1-3H3. The molecular formula is C16H29N3O2. The van der Waals surface area contributed by atoms with E-state index >= 15 is 0 Å². The summed E-state index contributed by atoms with van der Waals surface area (Å²) in [6, 6.07) is 0. The zero-order valence-corrected chi connectivity index (χ0v) is 13.6. The van der Waals surface area contributed by atoms with Gasteiger partial charge in [-0.25, -0.2) is 0 Å². The van der Waals surface area contributed by atoms with Crippen molar-refractivity contribution in [1.82, 2.24) is 9.80 Å². The molecule has 120 valence electrons. The van der Waals surface area contributed by atoms with Crippen molar-refractivity contribution in [3.8, 4) is 0 Å². The van der Waals surface area contributed by atoms with Gasteiger partial charge < -0.3 is 15.4 Å². The van der Waals surface area contributed by atoms with Crippen molar-refractivity contribution in [1.29, 1.82) is 0 Å². The van der Waals surface area contributed by atoms with E-state index in [1.165, 1.54) is 6.42 Å². The van der Waals surface area contributed by atoms with E-state index in [2.05, 4.69) is 25.7 Å². The topological polar surface area (TPSA) is 58.8 Å². The van der Waals surface area contributed by atoms with Crippen LogP contribution < -0.4 is 5.73 Å². The molecule has 1 amide bonds. The van der Waals surface area contributed by atoms with Crippen LogP contribution in [0.4, 0.5) is 0 Å². The first-order valence-corrected chi connectivity index (χ1v) is 8.35. The number of carbonyl (C=O) groups is 1. The van der Waals surface area contributed by atoms with E-state index in [9.17, 15) is 4.79 Å². The summed E-state index contributed by atoms with van der Waals surface area (Å²) in [7, 11) is 0. The van der Waals surface area contributed by atoms with Crippen LogP contribution in [0.5, 0.6) is 0 Å². The summed E-state index contributed by atoms with van der Waals surface area (Å²) in [5, 5.41) is 0. The molecule has 0 aromatic rings. The molecule has 0 aromatic heterocycles. The van der Waals surface area contributed by atoms with Crippen LogP contribution >= 0.6 is 0 Å². The lowest BCUT2D eigenvalue weighted by atomic mass is 9.47.